The lowest BCUT2D eigenvalue weighted by atomic mass is 9.85. The standard InChI is InChI=1S/C23H26N4O.ClH/c28-23(17-8-9-18-14-24-11-10-15(18)12-17)25-19-5-3-4-16(13-19)22-26-20-6-1-2-7-21(20)27-22;/h1-2,6-9,12,16,19,24H,3-5,10-11,13-14H2,(H,25,28)(H,26,27);1H/t16-,19+;/m0./s1. The van der Waals surface area contributed by atoms with Crippen LogP contribution in [0.15, 0.2) is 42.5 Å². The molecule has 3 aromatic rings. The summed E-state index contributed by atoms with van der Waals surface area (Å²) in [5.74, 6) is 1.49. The minimum Gasteiger partial charge on any atom is -0.349 e. The molecule has 1 aromatic heterocycles. The second-order valence-corrected chi connectivity index (χ2v) is 8.08. The smallest absolute Gasteiger partial charge is 0.251 e. The lowest BCUT2D eigenvalue weighted by Crippen LogP contribution is -2.38. The molecule has 0 spiro atoms. The van der Waals surface area contributed by atoms with E-state index in [1.807, 2.05) is 24.3 Å². The third kappa shape index (κ3) is 4.16. The van der Waals surface area contributed by atoms with Crippen molar-refractivity contribution in [2.24, 2.45) is 0 Å². The first-order chi connectivity index (χ1) is 13.8. The maximum absolute atomic E-state index is 12.8. The van der Waals surface area contributed by atoms with Crippen molar-refractivity contribution in [1.29, 1.82) is 0 Å². The summed E-state index contributed by atoms with van der Waals surface area (Å²) in [5.41, 5.74) is 5.51. The van der Waals surface area contributed by atoms with Crippen molar-refractivity contribution in [2.75, 3.05) is 6.54 Å². The van der Waals surface area contributed by atoms with Gasteiger partial charge in [-0.2, -0.15) is 0 Å². The van der Waals surface area contributed by atoms with Crippen molar-refractivity contribution in [1.82, 2.24) is 20.6 Å². The molecule has 5 nitrogen and oxygen atoms in total. The molecule has 6 heteroatoms. The van der Waals surface area contributed by atoms with Crippen molar-refractivity contribution < 1.29 is 4.79 Å². The number of amides is 1. The quantitative estimate of drug-likeness (QED) is 0.609. The monoisotopic (exact) mass is 410 g/mol. The van der Waals surface area contributed by atoms with Gasteiger partial charge in [-0.15, -0.1) is 12.4 Å². The number of aromatic nitrogens is 2. The highest BCUT2D eigenvalue weighted by Crippen LogP contribution is 2.32. The van der Waals surface area contributed by atoms with Crippen LogP contribution in [0.4, 0.5) is 0 Å². The van der Waals surface area contributed by atoms with Crippen LogP contribution in [0.25, 0.3) is 11.0 Å². The highest BCUT2D eigenvalue weighted by Gasteiger charge is 2.27. The number of hydrogen-bond acceptors (Lipinski definition) is 3. The number of fused-ring (bicyclic) bond motifs is 2. The molecule has 2 heterocycles. The first-order valence-electron chi connectivity index (χ1n) is 10.3. The Morgan fingerprint density at radius 2 is 2.00 bits per heavy atom. The number of carbonyl (C=O) groups is 1. The van der Waals surface area contributed by atoms with Crippen LogP contribution in [-0.4, -0.2) is 28.5 Å². The maximum Gasteiger partial charge on any atom is 0.251 e. The molecule has 0 radical (unpaired) electrons. The van der Waals surface area contributed by atoms with E-state index in [1.54, 1.807) is 0 Å². The van der Waals surface area contributed by atoms with Crippen LogP contribution in [0.1, 0.15) is 58.9 Å². The molecular formula is C23H27ClN4O. The molecule has 2 aromatic carbocycles. The van der Waals surface area contributed by atoms with Crippen LogP contribution in [0.3, 0.4) is 0 Å². The number of halogens is 1. The van der Waals surface area contributed by atoms with Gasteiger partial charge in [-0.05, 0) is 67.6 Å². The summed E-state index contributed by atoms with van der Waals surface area (Å²) in [4.78, 5) is 21.1. The van der Waals surface area contributed by atoms with E-state index in [2.05, 4.69) is 33.8 Å². The number of H-pyrrole nitrogens is 1. The second-order valence-electron chi connectivity index (χ2n) is 8.08. The minimum atomic E-state index is 0. The number of carbonyl (C=O) groups excluding carboxylic acids is 1. The summed E-state index contributed by atoms with van der Waals surface area (Å²) in [5, 5.41) is 6.66. The van der Waals surface area contributed by atoms with Crippen LogP contribution in [0.2, 0.25) is 0 Å². The third-order valence-corrected chi connectivity index (χ3v) is 6.16. The Morgan fingerprint density at radius 3 is 2.90 bits per heavy atom. The first kappa shape index (κ1) is 19.9. The Balaban J connectivity index is 0.00000205. The summed E-state index contributed by atoms with van der Waals surface area (Å²) in [6, 6.07) is 14.5. The maximum atomic E-state index is 12.8. The third-order valence-electron chi connectivity index (χ3n) is 6.16. The van der Waals surface area contributed by atoms with Gasteiger partial charge in [0.15, 0.2) is 0 Å². The molecule has 0 unspecified atom stereocenters. The average Bonchev–Trinajstić information content (AvgIpc) is 3.18. The molecule has 0 bridgehead atoms. The highest BCUT2D eigenvalue weighted by atomic mass is 35.5. The van der Waals surface area contributed by atoms with Crippen molar-refractivity contribution in [3.8, 4) is 0 Å². The zero-order valence-electron chi connectivity index (χ0n) is 16.4. The molecule has 152 valence electrons. The largest absolute Gasteiger partial charge is 0.349 e. The predicted molar refractivity (Wildman–Crippen MR) is 118 cm³/mol. The minimum absolute atomic E-state index is 0. The van der Waals surface area contributed by atoms with Gasteiger partial charge in [0.05, 0.1) is 11.0 Å². The van der Waals surface area contributed by atoms with E-state index in [0.29, 0.717) is 5.92 Å². The van der Waals surface area contributed by atoms with Crippen LogP contribution in [-0.2, 0) is 13.0 Å². The average molecular weight is 411 g/mol. The van der Waals surface area contributed by atoms with E-state index >= 15 is 0 Å². The van der Waals surface area contributed by atoms with Crippen molar-refractivity contribution in [2.45, 2.75) is 50.6 Å². The Morgan fingerprint density at radius 1 is 1.10 bits per heavy atom. The van der Waals surface area contributed by atoms with Crippen LogP contribution >= 0.6 is 12.4 Å². The van der Waals surface area contributed by atoms with E-state index in [1.165, 1.54) is 11.1 Å². The van der Waals surface area contributed by atoms with Crippen molar-refractivity contribution >= 4 is 29.3 Å². The molecule has 1 aliphatic carbocycles. The topological polar surface area (TPSA) is 69.8 Å². The number of nitrogens with zero attached hydrogens (tertiary/aromatic N) is 1. The number of benzene rings is 2. The summed E-state index contributed by atoms with van der Waals surface area (Å²) < 4.78 is 0. The second kappa shape index (κ2) is 8.56. The predicted octanol–water partition coefficient (Wildman–Crippen LogP) is 4.09. The van der Waals surface area contributed by atoms with Gasteiger partial charge < -0.3 is 15.6 Å². The number of imidazole rings is 1. The summed E-state index contributed by atoms with van der Waals surface area (Å²) >= 11 is 0. The number of rotatable bonds is 3. The first-order valence-corrected chi connectivity index (χ1v) is 10.3. The highest BCUT2D eigenvalue weighted by molar-refractivity contribution is 5.94. The Hall–Kier alpha value is -2.37. The van der Waals surface area contributed by atoms with Gasteiger partial charge in [0.25, 0.3) is 5.91 Å². The lowest BCUT2D eigenvalue weighted by Gasteiger charge is -2.29. The Bertz CT molecular complexity index is 982. The lowest BCUT2D eigenvalue weighted by molar-refractivity contribution is 0.0924. The van der Waals surface area contributed by atoms with Gasteiger partial charge in [-0.1, -0.05) is 24.6 Å². The zero-order valence-corrected chi connectivity index (χ0v) is 17.2. The van der Waals surface area contributed by atoms with Crippen LogP contribution in [0, 0.1) is 0 Å². The van der Waals surface area contributed by atoms with Gasteiger partial charge in [0.2, 0.25) is 0 Å². The molecule has 1 saturated carbocycles. The Labute approximate surface area is 177 Å². The number of hydrogen-bond donors (Lipinski definition) is 3. The normalized spacial score (nSPS) is 21.2. The van der Waals surface area contributed by atoms with E-state index in [0.717, 1.165) is 67.6 Å². The Kier molecular flexibility index (Phi) is 5.88. The van der Waals surface area contributed by atoms with E-state index in [9.17, 15) is 4.79 Å². The van der Waals surface area contributed by atoms with Gasteiger partial charge in [-0.25, -0.2) is 4.98 Å². The fourth-order valence-corrected chi connectivity index (χ4v) is 4.62. The van der Waals surface area contributed by atoms with Crippen molar-refractivity contribution in [3.05, 3.63) is 65.0 Å². The zero-order chi connectivity index (χ0) is 18.9. The van der Waals surface area contributed by atoms with Gasteiger partial charge >= 0.3 is 0 Å². The SMILES string of the molecule is Cl.O=C(N[C@@H]1CCC[C@H](c2nc3ccccc3[nH]2)C1)c1ccc2c(c1)CCNC2. The number of nitrogens with one attached hydrogen (secondary N) is 3. The summed E-state index contributed by atoms with van der Waals surface area (Å²) in [7, 11) is 0. The van der Waals surface area contributed by atoms with Crippen molar-refractivity contribution in [3.63, 3.8) is 0 Å². The number of para-hydroxylation sites is 2. The molecule has 29 heavy (non-hydrogen) atoms. The fourth-order valence-electron chi connectivity index (χ4n) is 4.62. The van der Waals surface area contributed by atoms with E-state index in [-0.39, 0.29) is 24.4 Å². The van der Waals surface area contributed by atoms with Crippen LogP contribution < -0.4 is 10.6 Å². The molecule has 1 aliphatic heterocycles. The van der Waals surface area contributed by atoms with E-state index in [4.69, 9.17) is 4.98 Å². The summed E-state index contributed by atoms with van der Waals surface area (Å²) in [6.45, 7) is 1.89. The van der Waals surface area contributed by atoms with Gasteiger partial charge in [-0.3, -0.25) is 4.79 Å². The van der Waals surface area contributed by atoms with Crippen LogP contribution in [0.5, 0.6) is 0 Å². The molecule has 2 aliphatic rings. The molecule has 1 amide bonds. The molecule has 3 N–H and O–H groups in total. The molecule has 2 atom stereocenters. The number of aromatic amines is 1. The molecule has 5 rings (SSSR count). The van der Waals surface area contributed by atoms with Gasteiger partial charge in [0.1, 0.15) is 5.82 Å². The molecular weight excluding hydrogens is 384 g/mol. The molecule has 0 saturated heterocycles. The fraction of sp³-hybridized carbons (Fsp3) is 0.391. The van der Waals surface area contributed by atoms with E-state index < -0.39 is 0 Å². The summed E-state index contributed by atoms with van der Waals surface area (Å²) in [6.07, 6.45) is 5.21. The van der Waals surface area contributed by atoms with Gasteiger partial charge in [0, 0.05) is 24.1 Å². The molecule has 1 fully saturated rings.